The van der Waals surface area contributed by atoms with Crippen molar-refractivity contribution in [1.82, 2.24) is 9.78 Å². The van der Waals surface area contributed by atoms with Crippen LogP contribution in [0.25, 0.3) is 0 Å². The fourth-order valence-corrected chi connectivity index (χ4v) is 1.98. The summed E-state index contributed by atoms with van der Waals surface area (Å²) in [5, 5.41) is 4.78. The predicted octanol–water partition coefficient (Wildman–Crippen LogP) is 3.03. The summed E-state index contributed by atoms with van der Waals surface area (Å²) in [6.45, 7) is 2.45. The highest BCUT2D eigenvalue weighted by atomic mass is 35.5. The van der Waals surface area contributed by atoms with Crippen LogP contribution in [0.5, 0.6) is 5.75 Å². The molecule has 0 amide bonds. The predicted molar refractivity (Wildman–Crippen MR) is 73.8 cm³/mol. The second-order valence-corrected chi connectivity index (χ2v) is 4.61. The molecule has 1 aromatic carbocycles. The number of aryl methyl sites for hydroxylation is 2. The zero-order valence-corrected chi connectivity index (χ0v) is 11.6. The lowest BCUT2D eigenvalue weighted by Crippen LogP contribution is -2.03. The maximum Gasteiger partial charge on any atom is 0.150 e. The van der Waals surface area contributed by atoms with E-state index in [9.17, 15) is 4.79 Å². The van der Waals surface area contributed by atoms with E-state index in [4.69, 9.17) is 16.3 Å². The molecule has 2 rings (SSSR count). The number of nitrogens with zero attached hydrogens (tertiary/aromatic N) is 2. The van der Waals surface area contributed by atoms with Gasteiger partial charge in [-0.3, -0.25) is 9.48 Å². The fraction of sp³-hybridized carbons (Fsp3) is 0.286. The van der Waals surface area contributed by atoms with Gasteiger partial charge in [-0.1, -0.05) is 18.5 Å². The van der Waals surface area contributed by atoms with Crippen LogP contribution in [0.15, 0.2) is 24.3 Å². The highest BCUT2D eigenvalue weighted by molar-refractivity contribution is 6.32. The van der Waals surface area contributed by atoms with Crippen molar-refractivity contribution in [2.45, 2.75) is 20.0 Å². The molecule has 0 saturated heterocycles. The Morgan fingerprint density at radius 3 is 2.79 bits per heavy atom. The van der Waals surface area contributed by atoms with Gasteiger partial charge in [0.15, 0.2) is 0 Å². The standard InChI is InChI=1S/C14H15ClN2O2/c1-3-11-7-12(17(2)16-11)9-19-14-5-4-10(8-18)6-13(14)15/h4-8H,3,9H2,1-2H3. The summed E-state index contributed by atoms with van der Waals surface area (Å²) < 4.78 is 7.45. The van der Waals surface area contributed by atoms with Crippen molar-refractivity contribution in [3.05, 3.63) is 46.2 Å². The molecule has 0 atom stereocenters. The van der Waals surface area contributed by atoms with Crippen molar-refractivity contribution in [2.75, 3.05) is 0 Å². The number of rotatable bonds is 5. The Morgan fingerprint density at radius 1 is 1.42 bits per heavy atom. The number of hydrogen-bond acceptors (Lipinski definition) is 3. The average molecular weight is 279 g/mol. The van der Waals surface area contributed by atoms with Gasteiger partial charge < -0.3 is 4.74 Å². The van der Waals surface area contributed by atoms with Crippen molar-refractivity contribution in [1.29, 1.82) is 0 Å². The molecule has 0 fully saturated rings. The molecular formula is C14H15ClN2O2. The van der Waals surface area contributed by atoms with E-state index in [-0.39, 0.29) is 0 Å². The van der Waals surface area contributed by atoms with E-state index in [2.05, 4.69) is 12.0 Å². The summed E-state index contributed by atoms with van der Waals surface area (Å²) in [6.07, 6.45) is 1.65. The van der Waals surface area contributed by atoms with E-state index < -0.39 is 0 Å². The Labute approximate surface area is 116 Å². The highest BCUT2D eigenvalue weighted by Gasteiger charge is 2.07. The van der Waals surface area contributed by atoms with Gasteiger partial charge in [0.2, 0.25) is 0 Å². The largest absolute Gasteiger partial charge is 0.486 e. The third kappa shape index (κ3) is 3.15. The first-order valence-electron chi connectivity index (χ1n) is 6.03. The number of ether oxygens (including phenoxy) is 1. The number of halogens is 1. The Kier molecular flexibility index (Phi) is 4.22. The van der Waals surface area contributed by atoms with Crippen LogP contribution >= 0.6 is 11.6 Å². The third-order valence-corrected chi connectivity index (χ3v) is 3.15. The van der Waals surface area contributed by atoms with Crippen LogP contribution < -0.4 is 4.74 Å². The van der Waals surface area contributed by atoms with Gasteiger partial charge in [0.05, 0.1) is 16.4 Å². The summed E-state index contributed by atoms with van der Waals surface area (Å²) in [7, 11) is 1.88. The smallest absolute Gasteiger partial charge is 0.150 e. The van der Waals surface area contributed by atoms with E-state index in [0.717, 1.165) is 24.1 Å². The number of benzene rings is 1. The molecule has 1 aromatic heterocycles. The number of carbonyl (C=O) groups is 1. The minimum atomic E-state index is 0.393. The van der Waals surface area contributed by atoms with Gasteiger partial charge in [-0.25, -0.2) is 0 Å². The molecule has 0 N–H and O–H groups in total. The van der Waals surface area contributed by atoms with Gasteiger partial charge in [0.1, 0.15) is 18.6 Å². The molecule has 100 valence electrons. The minimum absolute atomic E-state index is 0.393. The first-order chi connectivity index (χ1) is 9.13. The lowest BCUT2D eigenvalue weighted by atomic mass is 10.2. The normalized spacial score (nSPS) is 10.5. The van der Waals surface area contributed by atoms with Crippen LogP contribution in [-0.4, -0.2) is 16.1 Å². The molecule has 0 spiro atoms. The van der Waals surface area contributed by atoms with Gasteiger partial charge in [0, 0.05) is 12.6 Å². The maximum atomic E-state index is 10.6. The zero-order valence-electron chi connectivity index (χ0n) is 10.9. The third-order valence-electron chi connectivity index (χ3n) is 2.86. The number of aromatic nitrogens is 2. The van der Waals surface area contributed by atoms with Gasteiger partial charge >= 0.3 is 0 Å². The average Bonchev–Trinajstić information content (AvgIpc) is 2.78. The maximum absolute atomic E-state index is 10.6. The van der Waals surface area contributed by atoms with Crippen LogP contribution in [0.1, 0.15) is 28.7 Å². The lowest BCUT2D eigenvalue weighted by Gasteiger charge is -2.08. The Balaban J connectivity index is 2.09. The SMILES string of the molecule is CCc1cc(COc2ccc(C=O)cc2Cl)n(C)n1. The topological polar surface area (TPSA) is 44.1 Å². The summed E-state index contributed by atoms with van der Waals surface area (Å²) >= 11 is 6.04. The molecule has 1 heterocycles. The molecule has 2 aromatic rings. The van der Waals surface area contributed by atoms with Crippen molar-refractivity contribution >= 4 is 17.9 Å². The molecule has 5 heteroatoms. The summed E-state index contributed by atoms with van der Waals surface area (Å²) in [5.41, 5.74) is 2.54. The van der Waals surface area contributed by atoms with E-state index in [1.165, 1.54) is 0 Å². The number of hydrogen-bond donors (Lipinski definition) is 0. The van der Waals surface area contributed by atoms with Crippen LogP contribution in [0.4, 0.5) is 0 Å². The van der Waals surface area contributed by atoms with E-state index >= 15 is 0 Å². The van der Waals surface area contributed by atoms with Crippen molar-refractivity contribution < 1.29 is 9.53 Å². The fourth-order valence-electron chi connectivity index (χ4n) is 1.74. The first-order valence-corrected chi connectivity index (χ1v) is 6.41. The van der Waals surface area contributed by atoms with Gasteiger partial charge in [-0.15, -0.1) is 0 Å². The molecule has 0 aliphatic heterocycles. The Bertz CT molecular complexity index is 593. The van der Waals surface area contributed by atoms with Gasteiger partial charge in [-0.05, 0) is 30.7 Å². The quantitative estimate of drug-likeness (QED) is 0.790. The van der Waals surface area contributed by atoms with Crippen LogP contribution in [0.3, 0.4) is 0 Å². The molecule has 4 nitrogen and oxygen atoms in total. The second-order valence-electron chi connectivity index (χ2n) is 4.20. The van der Waals surface area contributed by atoms with Gasteiger partial charge in [-0.2, -0.15) is 5.10 Å². The monoisotopic (exact) mass is 278 g/mol. The Morgan fingerprint density at radius 2 is 2.21 bits per heavy atom. The lowest BCUT2D eigenvalue weighted by molar-refractivity contribution is 0.112. The van der Waals surface area contributed by atoms with Crippen LogP contribution in [0.2, 0.25) is 5.02 Å². The van der Waals surface area contributed by atoms with E-state index in [0.29, 0.717) is 22.9 Å². The number of aldehydes is 1. The molecule has 0 saturated carbocycles. The first kappa shape index (κ1) is 13.6. The zero-order chi connectivity index (χ0) is 13.8. The van der Waals surface area contributed by atoms with Crippen molar-refractivity contribution in [2.24, 2.45) is 7.05 Å². The van der Waals surface area contributed by atoms with Crippen LogP contribution in [0, 0.1) is 0 Å². The minimum Gasteiger partial charge on any atom is -0.486 e. The molecule has 0 aliphatic carbocycles. The molecule has 0 aliphatic rings. The molecule has 0 radical (unpaired) electrons. The molecular weight excluding hydrogens is 264 g/mol. The summed E-state index contributed by atoms with van der Waals surface area (Å²) in [5.74, 6) is 0.562. The summed E-state index contributed by atoms with van der Waals surface area (Å²) in [6, 6.07) is 6.97. The summed E-state index contributed by atoms with van der Waals surface area (Å²) in [4.78, 5) is 10.6. The van der Waals surface area contributed by atoms with Crippen molar-refractivity contribution in [3.63, 3.8) is 0 Å². The van der Waals surface area contributed by atoms with E-state index in [1.807, 2.05) is 13.1 Å². The van der Waals surface area contributed by atoms with Crippen molar-refractivity contribution in [3.8, 4) is 5.75 Å². The number of carbonyl (C=O) groups excluding carboxylic acids is 1. The Hall–Kier alpha value is -1.81. The second kappa shape index (κ2) is 5.89. The molecule has 0 unspecified atom stereocenters. The van der Waals surface area contributed by atoms with Crippen LogP contribution in [-0.2, 0) is 20.1 Å². The highest BCUT2D eigenvalue weighted by Crippen LogP contribution is 2.25. The molecule has 0 bridgehead atoms. The van der Waals surface area contributed by atoms with E-state index in [1.54, 1.807) is 22.9 Å². The molecule has 19 heavy (non-hydrogen) atoms. The van der Waals surface area contributed by atoms with Gasteiger partial charge in [0.25, 0.3) is 0 Å².